The van der Waals surface area contributed by atoms with Gasteiger partial charge < -0.3 is 18.6 Å². The van der Waals surface area contributed by atoms with Gasteiger partial charge in [0.05, 0.1) is 21.3 Å². The van der Waals surface area contributed by atoms with Crippen molar-refractivity contribution in [2.24, 2.45) is 0 Å². The van der Waals surface area contributed by atoms with Crippen LogP contribution in [0.25, 0.3) is 12.2 Å². The Morgan fingerprint density at radius 1 is 0.900 bits per heavy atom. The molecule has 5 nitrogen and oxygen atoms in total. The predicted molar refractivity (Wildman–Crippen MR) is 124 cm³/mol. The van der Waals surface area contributed by atoms with Crippen LogP contribution < -0.4 is 13.9 Å². The van der Waals surface area contributed by atoms with Gasteiger partial charge >= 0.3 is 5.97 Å². The summed E-state index contributed by atoms with van der Waals surface area (Å²) >= 11 is 0. The van der Waals surface area contributed by atoms with Crippen molar-refractivity contribution in [3.63, 3.8) is 0 Å². The largest absolute Gasteiger partial charge is 0.544 e. The Hall–Kier alpha value is -2.73. The lowest BCUT2D eigenvalue weighted by molar-refractivity contribution is 0.0597. The van der Waals surface area contributed by atoms with E-state index in [0.717, 1.165) is 11.3 Å². The van der Waals surface area contributed by atoms with Crippen LogP contribution in [0.15, 0.2) is 36.4 Å². The molecule has 6 heteroatoms. The lowest BCUT2D eigenvalue weighted by Crippen LogP contribution is -2.43. The summed E-state index contributed by atoms with van der Waals surface area (Å²) in [5.41, 5.74) is 1.99. The van der Waals surface area contributed by atoms with Crippen molar-refractivity contribution < 1.29 is 23.4 Å². The van der Waals surface area contributed by atoms with Gasteiger partial charge in [0.25, 0.3) is 0 Å². The maximum Gasteiger partial charge on any atom is 0.342 e. The zero-order valence-corrected chi connectivity index (χ0v) is 20.2. The number of methoxy groups -OCH3 is 3. The lowest BCUT2D eigenvalue weighted by Gasteiger charge is -2.36. The van der Waals surface area contributed by atoms with E-state index < -0.39 is 14.3 Å². The third-order valence-electron chi connectivity index (χ3n) is 5.47. The van der Waals surface area contributed by atoms with Crippen molar-refractivity contribution in [1.82, 2.24) is 0 Å². The molecule has 0 amide bonds. The van der Waals surface area contributed by atoms with E-state index >= 15 is 0 Å². The summed E-state index contributed by atoms with van der Waals surface area (Å²) in [5.74, 6) is 1.40. The number of benzene rings is 2. The minimum atomic E-state index is -1.88. The van der Waals surface area contributed by atoms with E-state index in [1.807, 2.05) is 36.4 Å². The van der Waals surface area contributed by atoms with Crippen molar-refractivity contribution in [3.8, 4) is 17.2 Å². The summed E-state index contributed by atoms with van der Waals surface area (Å²) in [6.07, 6.45) is 3.78. The average Bonchev–Trinajstić information content (AvgIpc) is 2.70. The molecule has 0 radical (unpaired) electrons. The summed E-state index contributed by atoms with van der Waals surface area (Å²) < 4.78 is 22.0. The van der Waals surface area contributed by atoms with E-state index in [9.17, 15) is 4.79 Å². The Balaban J connectivity index is 2.32. The summed E-state index contributed by atoms with van der Waals surface area (Å²) in [6.45, 7) is 11.1. The average molecular weight is 429 g/mol. The van der Waals surface area contributed by atoms with Crippen LogP contribution in [-0.2, 0) is 4.74 Å². The molecule has 2 aromatic rings. The molecular weight excluding hydrogens is 396 g/mol. The zero-order chi connectivity index (χ0) is 22.5. The predicted octanol–water partition coefficient (Wildman–Crippen LogP) is 6.04. The first kappa shape index (κ1) is 23.5. The highest BCUT2D eigenvalue weighted by Crippen LogP contribution is 2.37. The zero-order valence-electron chi connectivity index (χ0n) is 19.2. The quantitative estimate of drug-likeness (QED) is 0.305. The van der Waals surface area contributed by atoms with Crippen LogP contribution in [-0.4, -0.2) is 35.6 Å². The van der Waals surface area contributed by atoms with Crippen molar-refractivity contribution in [2.75, 3.05) is 21.3 Å². The monoisotopic (exact) mass is 428 g/mol. The van der Waals surface area contributed by atoms with Crippen molar-refractivity contribution in [3.05, 3.63) is 53.1 Å². The number of carbonyl (C=O) groups is 1. The van der Waals surface area contributed by atoms with Crippen LogP contribution >= 0.6 is 0 Å². The molecule has 0 saturated heterocycles. The Kier molecular flexibility index (Phi) is 7.37. The Labute approximate surface area is 180 Å². The molecule has 0 fully saturated rings. The molecule has 2 rings (SSSR count). The van der Waals surface area contributed by atoms with Crippen LogP contribution in [0.1, 0.15) is 42.3 Å². The van der Waals surface area contributed by atoms with Gasteiger partial charge in [-0.2, -0.15) is 0 Å². The summed E-state index contributed by atoms with van der Waals surface area (Å²) in [5, 5.41) is 0.140. The molecule has 0 aliphatic carbocycles. The van der Waals surface area contributed by atoms with Gasteiger partial charge in [0.1, 0.15) is 22.8 Å². The standard InChI is InChI=1S/C24H32O5Si/c1-24(2,3)30(7,8)29-19-13-10-17(11-14-19)9-12-18-15-20(26-4)16-21(27-5)22(18)23(25)28-6/h9-16H,1-8H3/b12-9+. The highest BCUT2D eigenvalue weighted by Gasteiger charge is 2.38. The van der Waals surface area contributed by atoms with E-state index in [1.54, 1.807) is 19.2 Å². The van der Waals surface area contributed by atoms with Gasteiger partial charge in [-0.3, -0.25) is 0 Å². The van der Waals surface area contributed by atoms with Crippen LogP contribution in [0, 0.1) is 0 Å². The fourth-order valence-electron chi connectivity index (χ4n) is 2.62. The van der Waals surface area contributed by atoms with E-state index in [0.29, 0.717) is 22.6 Å². The molecule has 0 unspecified atom stereocenters. The van der Waals surface area contributed by atoms with Crippen LogP contribution in [0.4, 0.5) is 0 Å². The molecule has 0 bridgehead atoms. The molecule has 0 aliphatic rings. The van der Waals surface area contributed by atoms with Gasteiger partial charge in [-0.15, -0.1) is 0 Å². The third-order valence-corrected chi connectivity index (χ3v) is 9.82. The topological polar surface area (TPSA) is 54.0 Å². The molecule has 0 aliphatic heterocycles. The maximum atomic E-state index is 12.3. The van der Waals surface area contributed by atoms with Crippen molar-refractivity contribution in [1.29, 1.82) is 0 Å². The minimum absolute atomic E-state index is 0.140. The highest BCUT2D eigenvalue weighted by atomic mass is 28.4. The Morgan fingerprint density at radius 3 is 2.03 bits per heavy atom. The minimum Gasteiger partial charge on any atom is -0.544 e. The van der Waals surface area contributed by atoms with Crippen molar-refractivity contribution in [2.45, 2.75) is 38.9 Å². The van der Waals surface area contributed by atoms with Crippen LogP contribution in [0.3, 0.4) is 0 Å². The highest BCUT2D eigenvalue weighted by molar-refractivity contribution is 6.74. The number of esters is 1. The first-order chi connectivity index (χ1) is 14.0. The number of rotatable bonds is 7. The van der Waals surface area contributed by atoms with E-state index in [2.05, 4.69) is 33.9 Å². The smallest absolute Gasteiger partial charge is 0.342 e. The second-order valence-electron chi connectivity index (χ2n) is 8.55. The molecule has 30 heavy (non-hydrogen) atoms. The normalized spacial score (nSPS) is 12.0. The van der Waals surface area contributed by atoms with E-state index in [4.69, 9.17) is 18.6 Å². The van der Waals surface area contributed by atoms with Gasteiger partial charge in [0.15, 0.2) is 0 Å². The van der Waals surface area contributed by atoms with Gasteiger partial charge in [-0.25, -0.2) is 4.79 Å². The molecule has 0 saturated carbocycles. The number of hydrogen-bond donors (Lipinski definition) is 0. The Morgan fingerprint density at radius 2 is 1.53 bits per heavy atom. The van der Waals surface area contributed by atoms with E-state index in [1.165, 1.54) is 14.2 Å². The molecule has 0 atom stereocenters. The lowest BCUT2D eigenvalue weighted by atomic mass is 10.0. The second-order valence-corrected chi connectivity index (χ2v) is 13.3. The van der Waals surface area contributed by atoms with Crippen LogP contribution in [0.2, 0.25) is 18.1 Å². The maximum absolute atomic E-state index is 12.3. The first-order valence-electron chi connectivity index (χ1n) is 9.84. The fourth-order valence-corrected chi connectivity index (χ4v) is 3.65. The van der Waals surface area contributed by atoms with Crippen molar-refractivity contribution >= 4 is 26.4 Å². The van der Waals surface area contributed by atoms with Crippen LogP contribution in [0.5, 0.6) is 17.2 Å². The third kappa shape index (κ3) is 5.45. The second kappa shape index (κ2) is 9.39. The first-order valence-corrected chi connectivity index (χ1v) is 12.7. The van der Waals surface area contributed by atoms with E-state index in [-0.39, 0.29) is 5.04 Å². The molecule has 0 N–H and O–H groups in total. The number of carbonyl (C=O) groups excluding carboxylic acids is 1. The van der Waals surface area contributed by atoms with Gasteiger partial charge in [-0.1, -0.05) is 45.1 Å². The Bertz CT molecular complexity index is 908. The molecular formula is C24H32O5Si. The summed E-state index contributed by atoms with van der Waals surface area (Å²) in [6, 6.07) is 11.4. The molecule has 0 spiro atoms. The fraction of sp³-hybridized carbons (Fsp3) is 0.375. The molecule has 2 aromatic carbocycles. The molecule has 0 aromatic heterocycles. The molecule has 0 heterocycles. The number of hydrogen-bond acceptors (Lipinski definition) is 5. The SMILES string of the molecule is COC(=O)c1c(/C=C/c2ccc(O[Si](C)(C)C(C)(C)C)cc2)cc(OC)cc1OC. The van der Waals surface area contributed by atoms with Gasteiger partial charge in [-0.05, 0) is 47.5 Å². The van der Waals surface area contributed by atoms with Gasteiger partial charge in [0.2, 0.25) is 8.32 Å². The molecule has 162 valence electrons. The summed E-state index contributed by atoms with van der Waals surface area (Å²) in [4.78, 5) is 12.3. The summed E-state index contributed by atoms with van der Waals surface area (Å²) in [7, 11) is 2.55. The number of ether oxygens (including phenoxy) is 3. The van der Waals surface area contributed by atoms with Gasteiger partial charge in [0, 0.05) is 6.07 Å².